The molecule has 1 atom stereocenters. The van der Waals surface area contributed by atoms with E-state index in [4.69, 9.17) is 18.9 Å². The van der Waals surface area contributed by atoms with E-state index in [9.17, 15) is 19.5 Å². The lowest BCUT2D eigenvalue weighted by atomic mass is 9.96. The van der Waals surface area contributed by atoms with Crippen molar-refractivity contribution in [1.29, 1.82) is 0 Å². The molecule has 0 aliphatic heterocycles. The highest BCUT2D eigenvalue weighted by atomic mass is 16.6. The Balaban J connectivity index is 1.97. The number of carbonyl (C=O) groups is 3. The molecule has 2 rings (SSSR count). The first-order valence-corrected chi connectivity index (χ1v) is 11.9. The van der Waals surface area contributed by atoms with Gasteiger partial charge in [0.05, 0.1) is 19.8 Å². The van der Waals surface area contributed by atoms with Gasteiger partial charge < -0.3 is 24.1 Å². The van der Waals surface area contributed by atoms with Gasteiger partial charge in [-0.1, -0.05) is 48.6 Å². The van der Waals surface area contributed by atoms with Gasteiger partial charge in [-0.2, -0.15) is 0 Å². The topological polar surface area (TPSA) is 108 Å². The van der Waals surface area contributed by atoms with Crippen LogP contribution in [0, 0.1) is 0 Å². The van der Waals surface area contributed by atoms with Crippen LogP contribution >= 0.6 is 0 Å². The fraction of sp³-hybridized carbons (Fsp3) is 0.444. The molecule has 0 spiro atoms. The van der Waals surface area contributed by atoms with Crippen LogP contribution in [0.3, 0.4) is 0 Å². The molecule has 0 saturated heterocycles. The zero-order valence-electron chi connectivity index (χ0n) is 20.5. The predicted octanol–water partition coefficient (Wildman–Crippen LogP) is 3.83. The molecule has 0 aliphatic carbocycles. The maximum atomic E-state index is 12.5. The van der Waals surface area contributed by atoms with Crippen LogP contribution in [0.5, 0.6) is 0 Å². The SMILES string of the molecule is CCOC(=O)C(OCCCCC=Cc1ccc2ccccc2c1)C(O)(C(=O)OCC)C(=O)OCC. The average molecular weight is 487 g/mol. The number of rotatable bonds is 14. The molecule has 8 heteroatoms. The van der Waals surface area contributed by atoms with E-state index < -0.39 is 29.6 Å². The lowest BCUT2D eigenvalue weighted by Crippen LogP contribution is -2.61. The Morgan fingerprint density at radius 2 is 1.51 bits per heavy atom. The van der Waals surface area contributed by atoms with Gasteiger partial charge in [0.1, 0.15) is 0 Å². The van der Waals surface area contributed by atoms with Crippen LogP contribution in [0.4, 0.5) is 0 Å². The van der Waals surface area contributed by atoms with Gasteiger partial charge in [0.25, 0.3) is 5.60 Å². The van der Waals surface area contributed by atoms with Crippen LogP contribution in [0.1, 0.15) is 45.6 Å². The first-order valence-electron chi connectivity index (χ1n) is 11.9. The maximum absolute atomic E-state index is 12.5. The van der Waals surface area contributed by atoms with Crippen LogP contribution in [0.2, 0.25) is 0 Å². The molecule has 0 heterocycles. The highest BCUT2D eigenvalue weighted by Gasteiger charge is 2.58. The summed E-state index contributed by atoms with van der Waals surface area (Å²) in [5.74, 6) is -3.70. The molecule has 0 radical (unpaired) electrons. The van der Waals surface area contributed by atoms with Gasteiger partial charge in [-0.3, -0.25) is 0 Å². The van der Waals surface area contributed by atoms with E-state index in [0.717, 1.165) is 18.4 Å². The van der Waals surface area contributed by atoms with Crippen molar-refractivity contribution in [3.8, 4) is 0 Å². The van der Waals surface area contributed by atoms with E-state index in [1.165, 1.54) is 24.6 Å². The third kappa shape index (κ3) is 7.63. The zero-order valence-corrected chi connectivity index (χ0v) is 20.5. The van der Waals surface area contributed by atoms with Crippen molar-refractivity contribution in [2.75, 3.05) is 26.4 Å². The molecular weight excluding hydrogens is 452 g/mol. The van der Waals surface area contributed by atoms with E-state index >= 15 is 0 Å². The Bertz CT molecular complexity index is 995. The summed E-state index contributed by atoms with van der Waals surface area (Å²) in [7, 11) is 0. The summed E-state index contributed by atoms with van der Waals surface area (Å²) >= 11 is 0. The standard InChI is InChI=1S/C27H34O8/c1-4-32-24(28)23(27(31,25(29)33-5-2)26(30)34-6-3)35-18-12-8-7-9-13-20-16-17-21-14-10-11-15-22(21)19-20/h9-11,13-17,19,23,31H,4-8,12,18H2,1-3H3. The first-order chi connectivity index (χ1) is 16.9. The van der Waals surface area contributed by atoms with Gasteiger partial charge in [-0.15, -0.1) is 0 Å². The summed E-state index contributed by atoms with van der Waals surface area (Å²) < 4.78 is 20.1. The lowest BCUT2D eigenvalue weighted by molar-refractivity contribution is -0.208. The zero-order chi connectivity index (χ0) is 25.7. The van der Waals surface area contributed by atoms with Gasteiger partial charge in [-0.25, -0.2) is 14.4 Å². The number of ether oxygens (including phenoxy) is 4. The van der Waals surface area contributed by atoms with Crippen molar-refractivity contribution in [3.05, 3.63) is 54.1 Å². The number of hydrogen-bond donors (Lipinski definition) is 1. The summed E-state index contributed by atoms with van der Waals surface area (Å²) in [6.07, 6.45) is 4.15. The summed E-state index contributed by atoms with van der Waals surface area (Å²) in [5.41, 5.74) is -1.87. The smallest absolute Gasteiger partial charge is 0.353 e. The largest absolute Gasteiger partial charge is 0.464 e. The molecule has 0 fully saturated rings. The molecule has 1 N–H and O–H groups in total. The molecule has 1 unspecified atom stereocenters. The third-order valence-corrected chi connectivity index (χ3v) is 5.19. The van der Waals surface area contributed by atoms with Gasteiger partial charge in [0, 0.05) is 6.61 Å². The van der Waals surface area contributed by atoms with E-state index in [1.807, 2.05) is 24.3 Å². The minimum Gasteiger partial charge on any atom is -0.464 e. The molecule has 190 valence electrons. The van der Waals surface area contributed by atoms with Crippen LogP contribution < -0.4 is 0 Å². The van der Waals surface area contributed by atoms with Crippen LogP contribution in [0.25, 0.3) is 16.8 Å². The van der Waals surface area contributed by atoms with Crippen molar-refractivity contribution in [1.82, 2.24) is 0 Å². The second-order valence-corrected chi connectivity index (χ2v) is 7.71. The molecule has 2 aromatic rings. The predicted molar refractivity (Wildman–Crippen MR) is 131 cm³/mol. The van der Waals surface area contributed by atoms with Crippen LogP contribution in [-0.4, -0.2) is 61.1 Å². The maximum Gasteiger partial charge on any atom is 0.353 e. The number of hydrogen-bond acceptors (Lipinski definition) is 8. The molecule has 0 bridgehead atoms. The highest BCUT2D eigenvalue weighted by molar-refractivity contribution is 6.08. The Kier molecular flexibility index (Phi) is 11.4. The number of esters is 3. The summed E-state index contributed by atoms with van der Waals surface area (Å²) in [6.45, 7) is 4.34. The van der Waals surface area contributed by atoms with Crippen molar-refractivity contribution in [2.24, 2.45) is 0 Å². The Morgan fingerprint density at radius 1 is 0.886 bits per heavy atom. The number of unbranched alkanes of at least 4 members (excludes halogenated alkanes) is 2. The third-order valence-electron chi connectivity index (χ3n) is 5.19. The number of fused-ring (bicyclic) bond motifs is 1. The van der Waals surface area contributed by atoms with E-state index in [1.54, 1.807) is 6.92 Å². The Morgan fingerprint density at radius 3 is 2.14 bits per heavy atom. The summed E-state index contributed by atoms with van der Waals surface area (Å²) in [4.78, 5) is 37.4. The Labute approximate surface area is 205 Å². The molecule has 0 saturated carbocycles. The second kappa shape index (κ2) is 14.2. The first kappa shape index (κ1) is 28.0. The molecule has 0 aromatic heterocycles. The average Bonchev–Trinajstić information content (AvgIpc) is 2.85. The number of allylic oxidation sites excluding steroid dienone is 1. The van der Waals surface area contributed by atoms with Crippen molar-refractivity contribution >= 4 is 34.8 Å². The minimum absolute atomic E-state index is 0.00835. The molecule has 0 aliphatic rings. The lowest BCUT2D eigenvalue weighted by Gasteiger charge is -2.30. The fourth-order valence-corrected chi connectivity index (χ4v) is 3.45. The monoisotopic (exact) mass is 486 g/mol. The molecular formula is C27H34O8. The van der Waals surface area contributed by atoms with Crippen LogP contribution in [-0.2, 0) is 33.3 Å². The van der Waals surface area contributed by atoms with Crippen molar-refractivity contribution in [2.45, 2.75) is 51.7 Å². The summed E-state index contributed by atoms with van der Waals surface area (Å²) in [5, 5.41) is 13.3. The number of aliphatic hydroxyl groups is 1. The molecule has 8 nitrogen and oxygen atoms in total. The van der Waals surface area contributed by atoms with E-state index in [0.29, 0.717) is 6.42 Å². The van der Waals surface area contributed by atoms with Gasteiger partial charge in [0.2, 0.25) is 6.10 Å². The van der Waals surface area contributed by atoms with Crippen LogP contribution in [0.15, 0.2) is 48.5 Å². The number of benzene rings is 2. The second-order valence-electron chi connectivity index (χ2n) is 7.71. The normalized spacial score (nSPS) is 12.5. The fourth-order valence-electron chi connectivity index (χ4n) is 3.45. The quantitative estimate of drug-likeness (QED) is 0.186. The number of carbonyl (C=O) groups excluding carboxylic acids is 3. The van der Waals surface area contributed by atoms with E-state index in [2.05, 4.69) is 30.3 Å². The molecule has 2 aromatic carbocycles. The summed E-state index contributed by atoms with van der Waals surface area (Å²) in [6, 6.07) is 14.4. The Hall–Kier alpha value is -3.23. The highest BCUT2D eigenvalue weighted by Crippen LogP contribution is 2.22. The van der Waals surface area contributed by atoms with Crippen molar-refractivity contribution < 1.29 is 38.4 Å². The van der Waals surface area contributed by atoms with E-state index in [-0.39, 0.29) is 26.4 Å². The molecule has 0 amide bonds. The van der Waals surface area contributed by atoms with Gasteiger partial charge in [0.15, 0.2) is 0 Å². The van der Waals surface area contributed by atoms with Gasteiger partial charge in [-0.05, 0) is 62.4 Å². The van der Waals surface area contributed by atoms with Crippen molar-refractivity contribution in [3.63, 3.8) is 0 Å². The van der Waals surface area contributed by atoms with Gasteiger partial charge >= 0.3 is 17.9 Å². The molecule has 35 heavy (non-hydrogen) atoms. The minimum atomic E-state index is -2.96.